The van der Waals surface area contributed by atoms with E-state index in [0.717, 1.165) is 16.4 Å². The molecule has 1 aromatic rings. The lowest BCUT2D eigenvalue weighted by molar-refractivity contribution is 0.288. The molecule has 0 saturated heterocycles. The van der Waals surface area contributed by atoms with E-state index in [1.54, 1.807) is 13.2 Å². The Balaban J connectivity index is 3.03. The number of methoxy groups -OCH3 is 1. The van der Waals surface area contributed by atoms with Crippen LogP contribution in [0.5, 0.6) is 11.5 Å². The fourth-order valence-electron chi connectivity index (χ4n) is 1.38. The van der Waals surface area contributed by atoms with Crippen molar-refractivity contribution in [3.8, 4) is 11.5 Å². The summed E-state index contributed by atoms with van der Waals surface area (Å²) in [4.78, 5) is 0. The van der Waals surface area contributed by atoms with Crippen molar-refractivity contribution in [3.63, 3.8) is 0 Å². The van der Waals surface area contributed by atoms with Crippen LogP contribution in [-0.2, 0) is 0 Å². The third kappa shape index (κ3) is 3.66. The first kappa shape index (κ1) is 14.9. The Kier molecular flexibility index (Phi) is 6.03. The zero-order valence-corrected chi connectivity index (χ0v) is 12.6. The number of oxime groups is 1. The number of halogens is 1. The van der Waals surface area contributed by atoms with Gasteiger partial charge < -0.3 is 20.4 Å². The minimum atomic E-state index is 0.0535. The lowest BCUT2D eigenvalue weighted by atomic mass is 10.2. The molecule has 0 bridgehead atoms. The minimum absolute atomic E-state index is 0.0535. The van der Waals surface area contributed by atoms with E-state index in [4.69, 9.17) is 20.4 Å². The molecular formula is C12H17IN2O3. The topological polar surface area (TPSA) is 77.1 Å². The van der Waals surface area contributed by atoms with Crippen LogP contribution in [-0.4, -0.2) is 24.8 Å². The molecule has 18 heavy (non-hydrogen) atoms. The van der Waals surface area contributed by atoms with Crippen molar-refractivity contribution in [1.82, 2.24) is 0 Å². The van der Waals surface area contributed by atoms with E-state index in [1.165, 1.54) is 0 Å². The number of unbranched alkanes of at least 4 members (excludes halogenated alkanes) is 1. The second kappa shape index (κ2) is 7.30. The van der Waals surface area contributed by atoms with Crippen LogP contribution in [0.15, 0.2) is 17.3 Å². The van der Waals surface area contributed by atoms with Gasteiger partial charge in [-0.15, -0.1) is 0 Å². The van der Waals surface area contributed by atoms with Gasteiger partial charge in [0.25, 0.3) is 0 Å². The standard InChI is InChI=1S/C12H17IN2O3/c1-3-4-5-18-11-7-9(13)8(12(14)15-16)6-10(11)17-2/h6-7,16H,3-5H2,1-2H3,(H2,14,15). The molecule has 5 nitrogen and oxygen atoms in total. The van der Waals surface area contributed by atoms with Gasteiger partial charge in [-0.25, -0.2) is 0 Å². The molecule has 1 rings (SSSR count). The SMILES string of the molecule is CCCCOc1cc(I)c(/C(N)=N/O)cc1OC. The maximum atomic E-state index is 8.71. The smallest absolute Gasteiger partial charge is 0.171 e. The number of amidine groups is 1. The zero-order chi connectivity index (χ0) is 13.5. The van der Waals surface area contributed by atoms with Crippen molar-refractivity contribution in [2.24, 2.45) is 10.9 Å². The van der Waals surface area contributed by atoms with Gasteiger partial charge in [-0.3, -0.25) is 0 Å². The molecule has 6 heteroatoms. The molecule has 0 aliphatic carbocycles. The molecule has 0 radical (unpaired) electrons. The van der Waals surface area contributed by atoms with Crippen LogP contribution in [0.4, 0.5) is 0 Å². The van der Waals surface area contributed by atoms with Gasteiger partial charge in [0.1, 0.15) is 0 Å². The van der Waals surface area contributed by atoms with Gasteiger partial charge in [-0.2, -0.15) is 0 Å². The Labute approximate surface area is 120 Å². The normalized spacial score (nSPS) is 11.4. The summed E-state index contributed by atoms with van der Waals surface area (Å²) in [6.45, 7) is 2.75. The minimum Gasteiger partial charge on any atom is -0.493 e. The van der Waals surface area contributed by atoms with Crippen molar-refractivity contribution in [3.05, 3.63) is 21.3 Å². The number of hydrogen-bond donors (Lipinski definition) is 2. The van der Waals surface area contributed by atoms with Crippen LogP contribution in [0, 0.1) is 3.57 Å². The Bertz CT molecular complexity index is 436. The second-order valence-corrected chi connectivity index (χ2v) is 4.83. The highest BCUT2D eigenvalue weighted by Crippen LogP contribution is 2.31. The van der Waals surface area contributed by atoms with Gasteiger partial charge in [0, 0.05) is 9.13 Å². The highest BCUT2D eigenvalue weighted by molar-refractivity contribution is 14.1. The molecule has 1 aromatic carbocycles. The van der Waals surface area contributed by atoms with Gasteiger partial charge in [0.15, 0.2) is 17.3 Å². The van der Waals surface area contributed by atoms with Crippen LogP contribution in [0.2, 0.25) is 0 Å². The average molecular weight is 364 g/mol. The van der Waals surface area contributed by atoms with Crippen LogP contribution in [0.1, 0.15) is 25.3 Å². The second-order valence-electron chi connectivity index (χ2n) is 3.67. The van der Waals surface area contributed by atoms with Crippen molar-refractivity contribution in [2.45, 2.75) is 19.8 Å². The predicted molar refractivity (Wildman–Crippen MR) is 78.6 cm³/mol. The summed E-state index contributed by atoms with van der Waals surface area (Å²) in [5.41, 5.74) is 6.21. The fourth-order valence-corrected chi connectivity index (χ4v) is 2.10. The maximum Gasteiger partial charge on any atom is 0.171 e. The predicted octanol–water partition coefficient (Wildman–Crippen LogP) is 2.57. The van der Waals surface area contributed by atoms with Crippen LogP contribution >= 0.6 is 22.6 Å². The maximum absolute atomic E-state index is 8.71. The monoisotopic (exact) mass is 364 g/mol. The van der Waals surface area contributed by atoms with Gasteiger partial charge >= 0.3 is 0 Å². The number of benzene rings is 1. The van der Waals surface area contributed by atoms with Crippen molar-refractivity contribution in [1.29, 1.82) is 0 Å². The molecular weight excluding hydrogens is 347 g/mol. The first-order valence-corrected chi connectivity index (χ1v) is 6.70. The third-order valence-electron chi connectivity index (χ3n) is 2.39. The summed E-state index contributed by atoms with van der Waals surface area (Å²) >= 11 is 2.11. The quantitative estimate of drug-likeness (QED) is 0.203. The molecule has 0 heterocycles. The van der Waals surface area contributed by atoms with Crippen LogP contribution < -0.4 is 15.2 Å². The highest BCUT2D eigenvalue weighted by atomic mass is 127. The highest BCUT2D eigenvalue weighted by Gasteiger charge is 2.12. The Hall–Kier alpha value is -1.18. The largest absolute Gasteiger partial charge is 0.493 e. The molecule has 0 aliphatic heterocycles. The molecule has 0 atom stereocenters. The van der Waals surface area contributed by atoms with Gasteiger partial charge in [0.2, 0.25) is 0 Å². The first-order valence-electron chi connectivity index (χ1n) is 5.62. The lowest BCUT2D eigenvalue weighted by Crippen LogP contribution is -2.15. The number of rotatable bonds is 6. The van der Waals surface area contributed by atoms with Crippen LogP contribution in [0.25, 0.3) is 0 Å². The zero-order valence-electron chi connectivity index (χ0n) is 10.4. The van der Waals surface area contributed by atoms with Gasteiger partial charge in [0.05, 0.1) is 13.7 Å². The molecule has 0 fully saturated rings. The molecule has 100 valence electrons. The summed E-state index contributed by atoms with van der Waals surface area (Å²) in [5, 5.41) is 11.7. The number of hydrogen-bond acceptors (Lipinski definition) is 4. The summed E-state index contributed by atoms with van der Waals surface area (Å²) in [6, 6.07) is 3.53. The van der Waals surface area contributed by atoms with E-state index in [9.17, 15) is 0 Å². The van der Waals surface area contributed by atoms with E-state index in [-0.39, 0.29) is 5.84 Å². The lowest BCUT2D eigenvalue weighted by Gasteiger charge is -2.13. The van der Waals surface area contributed by atoms with Crippen LogP contribution in [0.3, 0.4) is 0 Å². The van der Waals surface area contributed by atoms with Crippen molar-refractivity contribution < 1.29 is 14.7 Å². The number of nitrogens with zero attached hydrogens (tertiary/aromatic N) is 1. The fraction of sp³-hybridized carbons (Fsp3) is 0.417. The number of nitrogens with two attached hydrogens (primary N) is 1. The Morgan fingerprint density at radius 2 is 2.17 bits per heavy atom. The van der Waals surface area contributed by atoms with E-state index in [2.05, 4.69) is 34.7 Å². The molecule has 0 amide bonds. The summed E-state index contributed by atoms with van der Waals surface area (Å²) < 4.78 is 11.7. The summed E-state index contributed by atoms with van der Waals surface area (Å²) in [5.74, 6) is 1.30. The first-order chi connectivity index (χ1) is 8.63. The molecule has 0 aromatic heterocycles. The van der Waals surface area contributed by atoms with Gasteiger partial charge in [-0.1, -0.05) is 18.5 Å². The average Bonchev–Trinajstić information content (AvgIpc) is 2.38. The van der Waals surface area contributed by atoms with Crippen molar-refractivity contribution in [2.75, 3.05) is 13.7 Å². The molecule has 3 N–H and O–H groups in total. The summed E-state index contributed by atoms with van der Waals surface area (Å²) in [7, 11) is 1.56. The summed E-state index contributed by atoms with van der Waals surface area (Å²) in [6.07, 6.45) is 2.06. The van der Waals surface area contributed by atoms with E-state index < -0.39 is 0 Å². The Morgan fingerprint density at radius 1 is 1.44 bits per heavy atom. The van der Waals surface area contributed by atoms with E-state index in [1.807, 2.05) is 6.07 Å². The molecule has 0 unspecified atom stereocenters. The molecule has 0 aliphatic rings. The van der Waals surface area contributed by atoms with Crippen molar-refractivity contribution >= 4 is 28.4 Å². The molecule has 0 spiro atoms. The van der Waals surface area contributed by atoms with E-state index >= 15 is 0 Å². The third-order valence-corrected chi connectivity index (χ3v) is 3.28. The number of ether oxygens (including phenoxy) is 2. The molecule has 0 saturated carbocycles. The van der Waals surface area contributed by atoms with Gasteiger partial charge in [-0.05, 0) is 41.1 Å². The Morgan fingerprint density at radius 3 is 2.72 bits per heavy atom. The van der Waals surface area contributed by atoms with E-state index in [0.29, 0.717) is 23.7 Å².